The van der Waals surface area contributed by atoms with Crippen LogP contribution in [0.5, 0.6) is 0 Å². The minimum Gasteiger partial charge on any atom is -0.317 e. The molecule has 0 bridgehead atoms. The molecule has 82 valence electrons. The summed E-state index contributed by atoms with van der Waals surface area (Å²) in [7, 11) is 0. The third kappa shape index (κ3) is 3.59. The summed E-state index contributed by atoms with van der Waals surface area (Å²) in [5.74, 6) is 0. The molecule has 1 saturated heterocycles. The van der Waals surface area contributed by atoms with Crippen LogP contribution in [-0.2, 0) is 0 Å². The van der Waals surface area contributed by atoms with Crippen LogP contribution in [0, 0.1) is 0 Å². The summed E-state index contributed by atoms with van der Waals surface area (Å²) < 4.78 is 5.70. The Bertz CT molecular complexity index is 296. The molecule has 1 fully saturated rings. The Labute approximate surface area is 100 Å². The molecule has 0 unspecified atom stereocenters. The van der Waals surface area contributed by atoms with Crippen LogP contribution in [0.3, 0.4) is 0 Å². The molecule has 1 aliphatic heterocycles. The summed E-state index contributed by atoms with van der Waals surface area (Å²) in [6.07, 6.45) is 4.00. The first-order chi connectivity index (χ1) is 7.34. The predicted octanol–water partition coefficient (Wildman–Crippen LogP) is 3.80. The van der Waals surface area contributed by atoms with Gasteiger partial charge in [-0.05, 0) is 37.1 Å². The molecule has 1 aliphatic rings. The summed E-state index contributed by atoms with van der Waals surface area (Å²) >= 11 is 7.51. The van der Waals surface area contributed by atoms with E-state index in [1.54, 1.807) is 12.1 Å². The number of halogens is 1. The van der Waals surface area contributed by atoms with E-state index < -0.39 is 0 Å². The number of benzene rings is 1. The molecule has 1 aromatic rings. The van der Waals surface area contributed by atoms with Crippen LogP contribution in [0.1, 0.15) is 19.3 Å². The van der Waals surface area contributed by atoms with E-state index in [0.29, 0.717) is 0 Å². The van der Waals surface area contributed by atoms with Crippen molar-refractivity contribution in [3.05, 3.63) is 29.3 Å². The highest BCUT2D eigenvalue weighted by molar-refractivity contribution is 7.98. The normalized spacial score (nSPS) is 17.7. The highest BCUT2D eigenvalue weighted by Crippen LogP contribution is 2.21. The predicted molar refractivity (Wildman–Crippen MR) is 68.1 cm³/mol. The number of hydrogen-bond acceptors (Lipinski definition) is 3. The summed E-state index contributed by atoms with van der Waals surface area (Å²) in [5.41, 5.74) is 1.11. The average molecular weight is 243 g/mol. The average Bonchev–Trinajstić information content (AvgIpc) is 2.30. The fourth-order valence-corrected chi connectivity index (χ4v) is 2.53. The summed E-state index contributed by atoms with van der Waals surface area (Å²) in [5, 5.41) is 0.781. The lowest BCUT2D eigenvalue weighted by atomic mass is 10.2. The molecule has 4 heteroatoms. The molecule has 15 heavy (non-hydrogen) atoms. The van der Waals surface area contributed by atoms with Crippen molar-refractivity contribution in [2.45, 2.75) is 19.3 Å². The maximum Gasteiger partial charge on any atom is 0.0453 e. The third-order valence-corrected chi connectivity index (χ3v) is 3.65. The first kappa shape index (κ1) is 11.1. The van der Waals surface area contributed by atoms with Gasteiger partial charge in [-0.2, -0.15) is 0 Å². The van der Waals surface area contributed by atoms with Gasteiger partial charge in [-0.1, -0.05) is 18.0 Å². The monoisotopic (exact) mass is 242 g/mol. The zero-order chi connectivity index (χ0) is 10.5. The SMILES string of the molecule is Clc1ccc(NSN2CCCCC2)cc1. The Morgan fingerprint density at radius 1 is 1.07 bits per heavy atom. The Kier molecular flexibility index (Phi) is 4.18. The molecule has 1 heterocycles. The van der Waals surface area contributed by atoms with Crippen molar-refractivity contribution in [1.29, 1.82) is 0 Å². The smallest absolute Gasteiger partial charge is 0.0453 e. The van der Waals surface area contributed by atoms with Crippen molar-refractivity contribution in [2.24, 2.45) is 0 Å². The van der Waals surface area contributed by atoms with E-state index in [-0.39, 0.29) is 0 Å². The molecule has 1 N–H and O–H groups in total. The van der Waals surface area contributed by atoms with Gasteiger partial charge in [0.05, 0.1) is 0 Å². The highest BCUT2D eigenvalue weighted by atomic mass is 35.5. The molecular weight excluding hydrogens is 228 g/mol. The van der Waals surface area contributed by atoms with E-state index in [2.05, 4.69) is 9.03 Å². The first-order valence-electron chi connectivity index (χ1n) is 5.28. The molecule has 1 aromatic carbocycles. The minimum atomic E-state index is 0.781. The van der Waals surface area contributed by atoms with Crippen LogP contribution < -0.4 is 4.72 Å². The van der Waals surface area contributed by atoms with Crippen LogP contribution >= 0.6 is 23.7 Å². The van der Waals surface area contributed by atoms with Crippen molar-refractivity contribution >= 4 is 29.4 Å². The van der Waals surface area contributed by atoms with Crippen molar-refractivity contribution < 1.29 is 0 Å². The zero-order valence-corrected chi connectivity index (χ0v) is 10.2. The van der Waals surface area contributed by atoms with Gasteiger partial charge in [-0.25, -0.2) is 4.31 Å². The van der Waals surface area contributed by atoms with Crippen molar-refractivity contribution in [3.8, 4) is 0 Å². The van der Waals surface area contributed by atoms with E-state index in [4.69, 9.17) is 11.6 Å². The second-order valence-electron chi connectivity index (χ2n) is 3.69. The van der Waals surface area contributed by atoms with E-state index in [1.165, 1.54) is 32.4 Å². The van der Waals surface area contributed by atoms with Gasteiger partial charge in [0.25, 0.3) is 0 Å². The molecule has 2 rings (SSSR count). The van der Waals surface area contributed by atoms with Gasteiger partial charge in [0.2, 0.25) is 0 Å². The Balaban J connectivity index is 1.79. The van der Waals surface area contributed by atoms with Crippen LogP contribution in [0.4, 0.5) is 5.69 Å². The van der Waals surface area contributed by atoms with Crippen molar-refractivity contribution in [2.75, 3.05) is 17.8 Å². The van der Waals surface area contributed by atoms with Gasteiger partial charge < -0.3 is 4.72 Å². The Hall–Kier alpha value is -0.380. The minimum absolute atomic E-state index is 0.781. The lowest BCUT2D eigenvalue weighted by Gasteiger charge is -2.24. The van der Waals surface area contributed by atoms with Gasteiger partial charge in [-0.15, -0.1) is 0 Å². The van der Waals surface area contributed by atoms with Gasteiger partial charge in [-0.3, -0.25) is 0 Å². The largest absolute Gasteiger partial charge is 0.317 e. The quantitative estimate of drug-likeness (QED) is 0.812. The van der Waals surface area contributed by atoms with Gasteiger partial charge in [0.15, 0.2) is 0 Å². The molecule has 0 aromatic heterocycles. The molecular formula is C11H15ClN2S. The van der Waals surface area contributed by atoms with Gasteiger partial charge in [0.1, 0.15) is 0 Å². The number of nitrogens with zero attached hydrogens (tertiary/aromatic N) is 1. The fourth-order valence-electron chi connectivity index (χ4n) is 1.59. The number of hydrogen-bond donors (Lipinski definition) is 1. The summed E-state index contributed by atoms with van der Waals surface area (Å²) in [4.78, 5) is 0. The van der Waals surface area contributed by atoms with Gasteiger partial charge in [0, 0.05) is 35.9 Å². The number of piperidine rings is 1. The van der Waals surface area contributed by atoms with Crippen LogP contribution in [-0.4, -0.2) is 17.4 Å². The molecule has 0 atom stereocenters. The van der Waals surface area contributed by atoms with E-state index in [1.807, 2.05) is 24.3 Å². The second-order valence-corrected chi connectivity index (χ2v) is 5.03. The molecule has 2 nitrogen and oxygen atoms in total. The van der Waals surface area contributed by atoms with Crippen LogP contribution in [0.25, 0.3) is 0 Å². The lowest BCUT2D eigenvalue weighted by molar-refractivity contribution is 0.381. The standard InChI is InChI=1S/C11H15ClN2S/c12-10-4-6-11(7-5-10)13-15-14-8-2-1-3-9-14/h4-7,13H,1-3,8-9H2. The number of nitrogens with one attached hydrogen (secondary N) is 1. The topological polar surface area (TPSA) is 15.3 Å². The highest BCUT2D eigenvalue weighted by Gasteiger charge is 2.10. The van der Waals surface area contributed by atoms with Crippen molar-refractivity contribution in [1.82, 2.24) is 4.31 Å². The first-order valence-corrected chi connectivity index (χ1v) is 6.43. The van der Waals surface area contributed by atoms with Gasteiger partial charge >= 0.3 is 0 Å². The summed E-state index contributed by atoms with van der Waals surface area (Å²) in [6.45, 7) is 2.37. The van der Waals surface area contributed by atoms with Crippen LogP contribution in [0.2, 0.25) is 5.02 Å². The number of rotatable bonds is 3. The third-order valence-electron chi connectivity index (χ3n) is 2.45. The molecule has 0 saturated carbocycles. The lowest BCUT2D eigenvalue weighted by Crippen LogP contribution is -2.24. The molecule has 0 spiro atoms. The Morgan fingerprint density at radius 2 is 1.73 bits per heavy atom. The van der Waals surface area contributed by atoms with E-state index in [9.17, 15) is 0 Å². The van der Waals surface area contributed by atoms with E-state index >= 15 is 0 Å². The van der Waals surface area contributed by atoms with Crippen molar-refractivity contribution in [3.63, 3.8) is 0 Å². The molecule has 0 aliphatic carbocycles. The maximum absolute atomic E-state index is 5.82. The fraction of sp³-hybridized carbons (Fsp3) is 0.455. The maximum atomic E-state index is 5.82. The zero-order valence-electron chi connectivity index (χ0n) is 8.58. The van der Waals surface area contributed by atoms with Crippen LogP contribution in [0.15, 0.2) is 24.3 Å². The van der Waals surface area contributed by atoms with E-state index in [0.717, 1.165) is 10.7 Å². The number of anilines is 1. The summed E-state index contributed by atoms with van der Waals surface area (Å²) in [6, 6.07) is 7.81. The molecule has 0 amide bonds. The molecule has 0 radical (unpaired) electrons. The Morgan fingerprint density at radius 3 is 2.40 bits per heavy atom. The second kappa shape index (κ2) is 5.64.